The first-order valence-electron chi connectivity index (χ1n) is 9.69. The second-order valence-electron chi connectivity index (χ2n) is 7.18. The van der Waals surface area contributed by atoms with E-state index in [1.54, 1.807) is 35.9 Å². The van der Waals surface area contributed by atoms with Gasteiger partial charge in [-0.05, 0) is 41.1 Å². The van der Waals surface area contributed by atoms with E-state index < -0.39 is 17.5 Å². The Kier molecular flexibility index (Phi) is 4.71. The molecule has 0 radical (unpaired) electrons. The zero-order chi connectivity index (χ0) is 22.4. The number of nitrogens with zero attached hydrogens (tertiary/aromatic N) is 2. The Morgan fingerprint density at radius 1 is 1.03 bits per heavy atom. The van der Waals surface area contributed by atoms with Crippen molar-refractivity contribution >= 4 is 55.2 Å². The highest BCUT2D eigenvalue weighted by atomic mass is 32.1. The summed E-state index contributed by atoms with van der Waals surface area (Å²) < 4.78 is 12.7. The highest BCUT2D eigenvalue weighted by Gasteiger charge is 2.16. The predicted octanol–water partition coefficient (Wildman–Crippen LogP) is 4.03. The lowest BCUT2D eigenvalue weighted by molar-refractivity contribution is 0.0600. The quantitative estimate of drug-likeness (QED) is 0.233. The fraction of sp³-hybridized carbons (Fsp3) is 0.0833. The van der Waals surface area contributed by atoms with Gasteiger partial charge in [-0.25, -0.2) is 9.59 Å². The molecule has 5 rings (SSSR count). The molecule has 8 heteroatoms. The largest absolute Gasteiger partial charge is 0.465 e. The third kappa shape index (κ3) is 3.21. The molecule has 32 heavy (non-hydrogen) atoms. The minimum atomic E-state index is -0.738. The number of esters is 1. The lowest BCUT2D eigenvalue weighted by Crippen LogP contribution is -2.17. The zero-order valence-corrected chi connectivity index (χ0v) is 17.9. The van der Waals surface area contributed by atoms with Crippen LogP contribution in [0.15, 0.2) is 74.9 Å². The maximum Gasteiger partial charge on any atom is 0.349 e. The normalized spacial score (nSPS) is 12.0. The average molecular weight is 444 g/mol. The van der Waals surface area contributed by atoms with E-state index in [2.05, 4.69) is 4.99 Å². The van der Waals surface area contributed by atoms with Crippen LogP contribution in [0.2, 0.25) is 0 Å². The highest BCUT2D eigenvalue weighted by Crippen LogP contribution is 2.25. The number of hydrogen-bond donors (Lipinski definition) is 0. The molecule has 2 aromatic heterocycles. The van der Waals surface area contributed by atoms with Crippen LogP contribution in [0.1, 0.15) is 20.7 Å². The molecule has 0 bridgehead atoms. The number of fused-ring (bicyclic) bond motifs is 4. The minimum absolute atomic E-state index is 0.137. The number of ether oxygens (including phenoxy) is 1. The van der Waals surface area contributed by atoms with Crippen molar-refractivity contribution < 1.29 is 18.7 Å². The monoisotopic (exact) mass is 444 g/mol. The van der Waals surface area contributed by atoms with Gasteiger partial charge in [-0.1, -0.05) is 41.7 Å². The SMILES string of the molecule is COC(=O)c1ccc2c(c1)sc(=NC(=O)c1cc3c(ccc4ccccc43)oc1=O)n2C. The van der Waals surface area contributed by atoms with Crippen molar-refractivity contribution in [1.29, 1.82) is 0 Å². The number of aryl methyl sites for hydroxylation is 1. The van der Waals surface area contributed by atoms with Crippen molar-refractivity contribution in [3.8, 4) is 0 Å². The van der Waals surface area contributed by atoms with Gasteiger partial charge in [0, 0.05) is 12.4 Å². The molecule has 2 heterocycles. The van der Waals surface area contributed by atoms with Crippen molar-refractivity contribution in [3.05, 3.63) is 87.0 Å². The molecule has 0 aliphatic rings. The Bertz CT molecular complexity index is 1690. The standard InChI is InChI=1S/C24H16N2O5S/c1-26-18-9-7-14(22(28)30-2)11-20(18)32-24(26)25-21(27)17-12-16-15-6-4-3-5-13(15)8-10-19(16)31-23(17)29/h3-12H,1-2H3. The number of rotatable bonds is 2. The van der Waals surface area contributed by atoms with Crippen molar-refractivity contribution in [1.82, 2.24) is 4.57 Å². The molecular formula is C24H16N2O5S. The Balaban J connectivity index is 1.65. The van der Waals surface area contributed by atoms with E-state index in [1.807, 2.05) is 30.3 Å². The molecule has 0 aliphatic carbocycles. The lowest BCUT2D eigenvalue weighted by atomic mass is 10.0. The van der Waals surface area contributed by atoms with Crippen LogP contribution in [0.4, 0.5) is 0 Å². The molecule has 0 fully saturated rings. The third-order valence-electron chi connectivity index (χ3n) is 5.30. The van der Waals surface area contributed by atoms with Crippen LogP contribution in [-0.2, 0) is 11.8 Å². The second-order valence-corrected chi connectivity index (χ2v) is 8.19. The molecule has 0 saturated heterocycles. The van der Waals surface area contributed by atoms with E-state index in [9.17, 15) is 14.4 Å². The summed E-state index contributed by atoms with van der Waals surface area (Å²) in [7, 11) is 3.08. The summed E-state index contributed by atoms with van der Waals surface area (Å²) in [6, 6.07) is 17.9. The Labute approximate surface area is 184 Å². The first-order chi connectivity index (χ1) is 15.5. The predicted molar refractivity (Wildman–Crippen MR) is 122 cm³/mol. The fourth-order valence-electron chi connectivity index (χ4n) is 3.65. The van der Waals surface area contributed by atoms with Gasteiger partial charge in [-0.15, -0.1) is 0 Å². The molecule has 0 unspecified atom stereocenters. The molecule has 5 aromatic rings. The van der Waals surface area contributed by atoms with Crippen molar-refractivity contribution in [3.63, 3.8) is 0 Å². The van der Waals surface area contributed by atoms with Gasteiger partial charge < -0.3 is 13.7 Å². The molecular weight excluding hydrogens is 428 g/mol. The number of carbonyl (C=O) groups is 2. The van der Waals surface area contributed by atoms with Crippen molar-refractivity contribution in [2.45, 2.75) is 0 Å². The summed E-state index contributed by atoms with van der Waals surface area (Å²) in [4.78, 5) is 41.8. The fourth-order valence-corrected chi connectivity index (χ4v) is 4.71. The van der Waals surface area contributed by atoms with Crippen molar-refractivity contribution in [2.75, 3.05) is 7.11 Å². The number of aromatic nitrogens is 1. The number of amides is 1. The molecule has 0 atom stereocenters. The Morgan fingerprint density at radius 2 is 1.84 bits per heavy atom. The van der Waals surface area contributed by atoms with Gasteiger partial charge in [0.05, 0.1) is 22.9 Å². The number of hydrogen-bond acceptors (Lipinski definition) is 6. The van der Waals surface area contributed by atoms with Crippen LogP contribution < -0.4 is 10.4 Å². The average Bonchev–Trinajstić information content (AvgIpc) is 3.12. The molecule has 1 amide bonds. The molecule has 0 N–H and O–H groups in total. The van der Waals surface area contributed by atoms with Gasteiger partial charge in [0.1, 0.15) is 11.1 Å². The van der Waals surface area contributed by atoms with Gasteiger partial charge in [-0.3, -0.25) is 4.79 Å². The van der Waals surface area contributed by atoms with Crippen LogP contribution in [0.5, 0.6) is 0 Å². The summed E-state index contributed by atoms with van der Waals surface area (Å²) in [6.07, 6.45) is 0. The van der Waals surface area contributed by atoms with E-state index in [0.29, 0.717) is 21.3 Å². The number of methoxy groups -OCH3 is 1. The third-order valence-corrected chi connectivity index (χ3v) is 6.39. The smallest absolute Gasteiger partial charge is 0.349 e. The molecule has 3 aromatic carbocycles. The van der Waals surface area contributed by atoms with E-state index in [0.717, 1.165) is 21.0 Å². The number of carbonyl (C=O) groups excluding carboxylic acids is 2. The van der Waals surface area contributed by atoms with Gasteiger partial charge in [-0.2, -0.15) is 4.99 Å². The van der Waals surface area contributed by atoms with Gasteiger partial charge in [0.25, 0.3) is 5.91 Å². The van der Waals surface area contributed by atoms with Crippen LogP contribution in [0, 0.1) is 0 Å². The summed E-state index contributed by atoms with van der Waals surface area (Å²) in [6.45, 7) is 0. The number of benzene rings is 3. The van der Waals surface area contributed by atoms with Crippen LogP contribution in [0.25, 0.3) is 32.0 Å². The highest BCUT2D eigenvalue weighted by molar-refractivity contribution is 7.16. The maximum absolute atomic E-state index is 13.0. The Morgan fingerprint density at radius 3 is 2.66 bits per heavy atom. The Hall–Kier alpha value is -4.04. The van der Waals surface area contributed by atoms with Crippen LogP contribution in [0.3, 0.4) is 0 Å². The van der Waals surface area contributed by atoms with Crippen molar-refractivity contribution in [2.24, 2.45) is 12.0 Å². The van der Waals surface area contributed by atoms with E-state index in [1.165, 1.54) is 24.5 Å². The first-order valence-corrected chi connectivity index (χ1v) is 10.5. The summed E-state index contributed by atoms with van der Waals surface area (Å²) in [5.41, 5.74) is 0.736. The van der Waals surface area contributed by atoms with Crippen LogP contribution >= 0.6 is 11.3 Å². The van der Waals surface area contributed by atoms with E-state index in [-0.39, 0.29) is 5.56 Å². The molecule has 0 saturated carbocycles. The second kappa shape index (κ2) is 7.58. The lowest BCUT2D eigenvalue weighted by Gasteiger charge is -2.03. The summed E-state index contributed by atoms with van der Waals surface area (Å²) in [5.74, 6) is -1.14. The van der Waals surface area contributed by atoms with E-state index >= 15 is 0 Å². The molecule has 7 nitrogen and oxygen atoms in total. The summed E-state index contributed by atoms with van der Waals surface area (Å²) in [5, 5.41) is 2.52. The maximum atomic E-state index is 13.0. The minimum Gasteiger partial charge on any atom is -0.465 e. The summed E-state index contributed by atoms with van der Waals surface area (Å²) >= 11 is 1.24. The molecule has 0 aliphatic heterocycles. The molecule has 158 valence electrons. The van der Waals surface area contributed by atoms with Gasteiger partial charge in [0.2, 0.25) is 0 Å². The van der Waals surface area contributed by atoms with Gasteiger partial charge >= 0.3 is 11.6 Å². The zero-order valence-electron chi connectivity index (χ0n) is 17.1. The number of thiazole rings is 1. The van der Waals surface area contributed by atoms with Crippen LogP contribution in [-0.4, -0.2) is 23.6 Å². The van der Waals surface area contributed by atoms with Gasteiger partial charge in [0.15, 0.2) is 4.80 Å². The topological polar surface area (TPSA) is 90.9 Å². The molecule has 0 spiro atoms. The van der Waals surface area contributed by atoms with E-state index in [4.69, 9.17) is 9.15 Å². The first kappa shape index (κ1) is 19.9.